The maximum absolute atomic E-state index is 6.00. The number of hydrogen-bond acceptors (Lipinski definition) is 5. The number of rotatable bonds is 5. The van der Waals surface area contributed by atoms with Gasteiger partial charge in [-0.1, -0.05) is 47.6 Å². The lowest BCUT2D eigenvalue weighted by Gasteiger charge is -1.97. The Morgan fingerprint density at radius 2 is 1.96 bits per heavy atom. The van der Waals surface area contributed by atoms with Gasteiger partial charge in [-0.25, -0.2) is 14.6 Å². The van der Waals surface area contributed by atoms with Gasteiger partial charge < -0.3 is 4.42 Å². The molecule has 4 rings (SSSR count). The van der Waals surface area contributed by atoms with E-state index in [9.17, 15) is 0 Å². The minimum absolute atomic E-state index is 0.556. The molecule has 0 aliphatic heterocycles. The van der Waals surface area contributed by atoms with Gasteiger partial charge in [0.15, 0.2) is 0 Å². The lowest BCUT2D eigenvalue weighted by molar-refractivity contribution is 0.573. The smallest absolute Gasteiger partial charge is 0.226 e. The van der Waals surface area contributed by atoms with Crippen molar-refractivity contribution < 1.29 is 4.42 Å². The Labute approximate surface area is 153 Å². The molecule has 0 saturated heterocycles. The molecule has 2 aromatic carbocycles. The summed E-state index contributed by atoms with van der Waals surface area (Å²) in [6.45, 7) is 0. The van der Waals surface area contributed by atoms with Crippen LogP contribution in [0.4, 0.5) is 0 Å². The van der Waals surface area contributed by atoms with Gasteiger partial charge in [-0.05, 0) is 30.3 Å². The molecule has 0 saturated carbocycles. The predicted octanol–water partition coefficient (Wildman–Crippen LogP) is 4.87. The molecule has 5 nitrogen and oxygen atoms in total. The van der Waals surface area contributed by atoms with E-state index in [2.05, 4.69) is 15.1 Å². The Morgan fingerprint density at radius 1 is 1.08 bits per heavy atom. The minimum atomic E-state index is 0.556. The van der Waals surface area contributed by atoms with Crippen LogP contribution >= 0.6 is 23.4 Å². The van der Waals surface area contributed by atoms with Crippen LogP contribution < -0.4 is 0 Å². The van der Waals surface area contributed by atoms with Gasteiger partial charge in [0, 0.05) is 16.3 Å². The molecular weight excluding hydrogens is 356 g/mol. The Morgan fingerprint density at radius 3 is 2.80 bits per heavy atom. The molecule has 2 aromatic heterocycles. The third kappa shape index (κ3) is 3.75. The van der Waals surface area contributed by atoms with Crippen LogP contribution in [-0.4, -0.2) is 19.7 Å². The fraction of sp³-hybridized carbons (Fsp3) is 0.0556. The lowest BCUT2D eigenvalue weighted by atomic mass is 10.2. The van der Waals surface area contributed by atoms with Crippen molar-refractivity contribution in [2.45, 2.75) is 10.9 Å². The fourth-order valence-corrected chi connectivity index (χ4v) is 3.15. The second kappa shape index (κ2) is 7.13. The summed E-state index contributed by atoms with van der Waals surface area (Å²) in [6.07, 6.45) is 3.36. The number of halogens is 1. The first-order valence-corrected chi connectivity index (χ1v) is 8.94. The van der Waals surface area contributed by atoms with Gasteiger partial charge in [0.25, 0.3) is 0 Å². The number of aromatic nitrogens is 4. The highest BCUT2D eigenvalue weighted by Gasteiger charge is 2.09. The maximum Gasteiger partial charge on any atom is 0.226 e. The lowest BCUT2D eigenvalue weighted by Crippen LogP contribution is -1.93. The Balaban J connectivity index is 1.43. The van der Waals surface area contributed by atoms with Crippen LogP contribution in [-0.2, 0) is 5.75 Å². The van der Waals surface area contributed by atoms with Crippen LogP contribution in [0.25, 0.3) is 17.1 Å². The summed E-state index contributed by atoms with van der Waals surface area (Å²) in [4.78, 5) is 8.82. The zero-order chi connectivity index (χ0) is 17.1. The molecule has 0 radical (unpaired) electrons. The van der Waals surface area contributed by atoms with Gasteiger partial charge in [0.05, 0.1) is 11.4 Å². The summed E-state index contributed by atoms with van der Waals surface area (Å²) in [6, 6.07) is 17.3. The zero-order valence-electron chi connectivity index (χ0n) is 13.0. The van der Waals surface area contributed by atoms with E-state index in [1.54, 1.807) is 17.3 Å². The summed E-state index contributed by atoms with van der Waals surface area (Å²) in [5.74, 6) is 1.18. The molecule has 0 unspecified atom stereocenters. The highest BCUT2D eigenvalue weighted by Crippen LogP contribution is 2.25. The average Bonchev–Trinajstić information content (AvgIpc) is 3.30. The molecule has 4 aromatic rings. The van der Waals surface area contributed by atoms with Crippen LogP contribution in [0.15, 0.2) is 76.8 Å². The van der Waals surface area contributed by atoms with Crippen LogP contribution in [0.5, 0.6) is 0 Å². The molecule has 124 valence electrons. The monoisotopic (exact) mass is 368 g/mol. The van der Waals surface area contributed by atoms with Crippen molar-refractivity contribution in [2.24, 2.45) is 0 Å². The van der Waals surface area contributed by atoms with Crippen molar-refractivity contribution in [2.75, 3.05) is 0 Å². The molecule has 0 aliphatic carbocycles. The summed E-state index contributed by atoms with van der Waals surface area (Å²) in [7, 11) is 0. The quantitative estimate of drug-likeness (QED) is 0.470. The predicted molar refractivity (Wildman–Crippen MR) is 97.9 cm³/mol. The number of nitrogens with zero attached hydrogens (tertiary/aromatic N) is 4. The van der Waals surface area contributed by atoms with Crippen LogP contribution in [0, 0.1) is 0 Å². The third-order valence-corrected chi connectivity index (χ3v) is 4.58. The van der Waals surface area contributed by atoms with Crippen LogP contribution in [0.3, 0.4) is 0 Å². The van der Waals surface area contributed by atoms with Crippen molar-refractivity contribution in [3.8, 4) is 17.1 Å². The third-order valence-electron chi connectivity index (χ3n) is 3.46. The summed E-state index contributed by atoms with van der Waals surface area (Å²) in [5, 5.41) is 5.81. The molecule has 25 heavy (non-hydrogen) atoms. The number of thioether (sulfide) groups is 1. The molecule has 2 heterocycles. The largest absolute Gasteiger partial charge is 0.444 e. The number of para-hydroxylation sites is 1. The molecule has 0 N–H and O–H groups in total. The van der Waals surface area contributed by atoms with Gasteiger partial charge in [-0.15, -0.1) is 5.10 Å². The van der Waals surface area contributed by atoms with Gasteiger partial charge in [-0.3, -0.25) is 0 Å². The van der Waals surface area contributed by atoms with Crippen molar-refractivity contribution in [3.05, 3.63) is 77.9 Å². The first-order valence-electron chi connectivity index (χ1n) is 7.58. The Bertz CT molecular complexity index is 983. The number of benzene rings is 2. The molecule has 0 amide bonds. The second-order valence-electron chi connectivity index (χ2n) is 5.25. The molecule has 0 spiro atoms. The van der Waals surface area contributed by atoms with Gasteiger partial charge >= 0.3 is 0 Å². The Hall–Kier alpha value is -2.57. The number of hydrogen-bond donors (Lipinski definition) is 0. The van der Waals surface area contributed by atoms with E-state index >= 15 is 0 Å². The second-order valence-corrected chi connectivity index (χ2v) is 6.63. The maximum atomic E-state index is 6.00. The highest BCUT2D eigenvalue weighted by molar-refractivity contribution is 7.98. The molecule has 7 heteroatoms. The summed E-state index contributed by atoms with van der Waals surface area (Å²) in [5.41, 5.74) is 2.66. The first-order chi connectivity index (χ1) is 12.3. The van der Waals surface area contributed by atoms with Crippen molar-refractivity contribution >= 4 is 23.4 Å². The van der Waals surface area contributed by atoms with E-state index in [0.29, 0.717) is 21.8 Å². The molecule has 0 fully saturated rings. The van der Waals surface area contributed by atoms with E-state index in [0.717, 1.165) is 16.9 Å². The molecule has 0 aliphatic rings. The van der Waals surface area contributed by atoms with Crippen molar-refractivity contribution in [1.29, 1.82) is 0 Å². The van der Waals surface area contributed by atoms with Gasteiger partial charge in [0.2, 0.25) is 11.0 Å². The first kappa shape index (κ1) is 15.9. The normalized spacial score (nSPS) is 10.9. The van der Waals surface area contributed by atoms with Gasteiger partial charge in [-0.2, -0.15) is 0 Å². The van der Waals surface area contributed by atoms with Crippen molar-refractivity contribution in [1.82, 2.24) is 19.7 Å². The topological polar surface area (TPSA) is 56.7 Å². The number of oxazole rings is 1. The van der Waals surface area contributed by atoms with E-state index in [1.165, 1.54) is 11.8 Å². The zero-order valence-corrected chi connectivity index (χ0v) is 14.6. The van der Waals surface area contributed by atoms with Crippen LogP contribution in [0.1, 0.15) is 5.69 Å². The van der Waals surface area contributed by atoms with E-state index in [-0.39, 0.29) is 0 Å². The van der Waals surface area contributed by atoms with E-state index < -0.39 is 0 Å². The molecule has 0 atom stereocenters. The Kier molecular flexibility index (Phi) is 4.54. The van der Waals surface area contributed by atoms with E-state index in [4.69, 9.17) is 16.0 Å². The fourth-order valence-electron chi connectivity index (χ4n) is 2.29. The molecular formula is C18H13ClN4OS. The minimum Gasteiger partial charge on any atom is -0.444 e. The SMILES string of the molecule is Clc1cccc(-c2nc(CSc3ncn(-c4ccccc4)n3)co2)c1. The summed E-state index contributed by atoms with van der Waals surface area (Å²) >= 11 is 7.51. The van der Waals surface area contributed by atoms with E-state index in [1.807, 2.05) is 54.6 Å². The summed E-state index contributed by atoms with van der Waals surface area (Å²) < 4.78 is 7.29. The molecule has 0 bridgehead atoms. The van der Waals surface area contributed by atoms with Gasteiger partial charge in [0.1, 0.15) is 12.6 Å². The highest BCUT2D eigenvalue weighted by atomic mass is 35.5. The average molecular weight is 369 g/mol. The standard InChI is InChI=1S/C18H13ClN4OS/c19-14-6-4-5-13(9-14)17-21-15(10-24-17)11-25-18-20-12-23(22-18)16-7-2-1-3-8-16/h1-10,12H,11H2. The van der Waals surface area contributed by atoms with Crippen molar-refractivity contribution in [3.63, 3.8) is 0 Å². The van der Waals surface area contributed by atoms with Crippen LogP contribution in [0.2, 0.25) is 5.02 Å².